The average Bonchev–Trinajstić information content (AvgIpc) is 2.64. The van der Waals surface area contributed by atoms with Crippen LogP contribution in [0.2, 0.25) is 0 Å². The monoisotopic (exact) mass is 388 g/mol. The van der Waals surface area contributed by atoms with Crippen molar-refractivity contribution in [2.45, 2.75) is 51.0 Å². The van der Waals surface area contributed by atoms with Crippen LogP contribution in [0.3, 0.4) is 0 Å². The van der Waals surface area contributed by atoms with Gasteiger partial charge < -0.3 is 9.64 Å². The van der Waals surface area contributed by atoms with E-state index in [1.165, 1.54) is 71.2 Å². The Hall–Kier alpha value is -0.480. The number of unbranched alkanes of at least 4 members (excludes halogenated alkanes) is 1. The fraction of sp³-hybridized carbons (Fsp3) is 0.700. The molecule has 1 saturated heterocycles. The van der Waals surface area contributed by atoms with Crippen molar-refractivity contribution in [3.05, 3.63) is 30.3 Å². The Bertz CT molecular complexity index is 433. The molecule has 0 bridgehead atoms. The summed E-state index contributed by atoms with van der Waals surface area (Å²) in [5.74, 6) is 0.994. The lowest BCUT2D eigenvalue weighted by molar-refractivity contribution is 0.0776. The third-order valence-electron chi connectivity index (χ3n) is 5.38. The predicted molar refractivity (Wildman–Crippen MR) is 111 cm³/mol. The first kappa shape index (κ1) is 22.6. The minimum atomic E-state index is 0. The summed E-state index contributed by atoms with van der Waals surface area (Å²) in [6, 6.07) is 11.0. The van der Waals surface area contributed by atoms with Crippen LogP contribution < -0.4 is 4.74 Å². The molecule has 1 aliphatic heterocycles. The number of ether oxygens (including phenoxy) is 1. The van der Waals surface area contributed by atoms with Gasteiger partial charge in [0, 0.05) is 32.2 Å². The van der Waals surface area contributed by atoms with E-state index < -0.39 is 0 Å². The van der Waals surface area contributed by atoms with Gasteiger partial charge in [0.1, 0.15) is 5.75 Å². The molecule has 1 aromatic rings. The first-order chi connectivity index (χ1) is 11.4. The maximum atomic E-state index is 5.77. The highest BCUT2D eigenvalue weighted by molar-refractivity contribution is 5.85. The zero-order chi connectivity index (χ0) is 15.7. The van der Waals surface area contributed by atoms with Gasteiger partial charge in [0.25, 0.3) is 0 Å². The topological polar surface area (TPSA) is 15.7 Å². The fourth-order valence-corrected chi connectivity index (χ4v) is 3.94. The Morgan fingerprint density at radius 1 is 0.840 bits per heavy atom. The van der Waals surface area contributed by atoms with Gasteiger partial charge in [0.2, 0.25) is 0 Å². The molecule has 144 valence electrons. The third kappa shape index (κ3) is 7.74. The van der Waals surface area contributed by atoms with Gasteiger partial charge in [-0.25, -0.2) is 0 Å². The van der Waals surface area contributed by atoms with Crippen molar-refractivity contribution in [1.29, 1.82) is 0 Å². The number of hydrogen-bond acceptors (Lipinski definition) is 3. The van der Waals surface area contributed by atoms with E-state index in [4.69, 9.17) is 4.74 Å². The minimum Gasteiger partial charge on any atom is -0.494 e. The molecule has 0 aromatic heterocycles. The number of benzene rings is 1. The van der Waals surface area contributed by atoms with Crippen LogP contribution >= 0.6 is 24.8 Å². The highest BCUT2D eigenvalue weighted by atomic mass is 35.5. The van der Waals surface area contributed by atoms with Crippen LogP contribution in [0.25, 0.3) is 0 Å². The van der Waals surface area contributed by atoms with E-state index in [2.05, 4.69) is 9.80 Å². The predicted octanol–water partition coefficient (Wildman–Crippen LogP) is 4.64. The van der Waals surface area contributed by atoms with Crippen LogP contribution in [-0.4, -0.2) is 55.2 Å². The van der Waals surface area contributed by atoms with Crippen molar-refractivity contribution in [2.75, 3.05) is 39.3 Å². The van der Waals surface area contributed by atoms with E-state index in [0.717, 1.165) is 24.8 Å². The van der Waals surface area contributed by atoms with Gasteiger partial charge in [-0.05, 0) is 44.4 Å². The van der Waals surface area contributed by atoms with Crippen molar-refractivity contribution in [3.8, 4) is 5.75 Å². The van der Waals surface area contributed by atoms with Gasteiger partial charge in [-0.2, -0.15) is 0 Å². The molecule has 0 unspecified atom stereocenters. The average molecular weight is 389 g/mol. The molecule has 2 aliphatic rings. The fourth-order valence-electron chi connectivity index (χ4n) is 3.94. The molecule has 3 rings (SSSR count). The molecule has 1 aliphatic carbocycles. The molecule has 5 heteroatoms. The number of nitrogens with zero attached hydrogens (tertiary/aromatic N) is 2. The van der Waals surface area contributed by atoms with Gasteiger partial charge in [-0.3, -0.25) is 4.90 Å². The number of piperazine rings is 1. The van der Waals surface area contributed by atoms with E-state index in [0.29, 0.717) is 0 Å². The zero-order valence-corrected chi connectivity index (χ0v) is 16.9. The molecular formula is C20H34Cl2N2O. The Balaban J connectivity index is 0.00000156. The van der Waals surface area contributed by atoms with Crippen molar-refractivity contribution in [3.63, 3.8) is 0 Å². The highest BCUT2D eigenvalue weighted by Crippen LogP contribution is 2.23. The van der Waals surface area contributed by atoms with Gasteiger partial charge in [-0.15, -0.1) is 24.8 Å². The first-order valence-corrected chi connectivity index (χ1v) is 9.56. The van der Waals surface area contributed by atoms with Crippen molar-refractivity contribution < 1.29 is 4.74 Å². The van der Waals surface area contributed by atoms with Gasteiger partial charge in [0.15, 0.2) is 0 Å². The van der Waals surface area contributed by atoms with Gasteiger partial charge >= 0.3 is 0 Å². The summed E-state index contributed by atoms with van der Waals surface area (Å²) in [5, 5.41) is 0. The molecule has 1 saturated carbocycles. The highest BCUT2D eigenvalue weighted by Gasteiger charge is 2.24. The van der Waals surface area contributed by atoms with Crippen molar-refractivity contribution in [1.82, 2.24) is 9.80 Å². The summed E-state index contributed by atoms with van der Waals surface area (Å²) in [7, 11) is 0. The molecule has 3 nitrogen and oxygen atoms in total. The third-order valence-corrected chi connectivity index (χ3v) is 5.38. The van der Waals surface area contributed by atoms with Crippen LogP contribution in [0.4, 0.5) is 0 Å². The maximum Gasteiger partial charge on any atom is 0.119 e. The Morgan fingerprint density at radius 3 is 2.20 bits per heavy atom. The lowest BCUT2D eigenvalue weighted by Gasteiger charge is -2.40. The Kier molecular flexibility index (Phi) is 11.6. The summed E-state index contributed by atoms with van der Waals surface area (Å²) in [6.07, 6.45) is 9.64. The molecule has 0 amide bonds. The van der Waals surface area contributed by atoms with Crippen LogP contribution in [0.5, 0.6) is 5.75 Å². The molecule has 25 heavy (non-hydrogen) atoms. The summed E-state index contributed by atoms with van der Waals surface area (Å²) in [6.45, 7) is 7.16. The largest absolute Gasteiger partial charge is 0.494 e. The van der Waals surface area contributed by atoms with Gasteiger partial charge in [-0.1, -0.05) is 37.5 Å². The summed E-state index contributed by atoms with van der Waals surface area (Å²) in [5.41, 5.74) is 0. The smallest absolute Gasteiger partial charge is 0.119 e. The van der Waals surface area contributed by atoms with Gasteiger partial charge in [0.05, 0.1) is 6.61 Å². The van der Waals surface area contributed by atoms with E-state index in [1.54, 1.807) is 0 Å². The summed E-state index contributed by atoms with van der Waals surface area (Å²) >= 11 is 0. The standard InChI is InChI=1S/C20H32N2O.2ClH/c1-3-9-19(10-4-1)22-16-14-21(15-17-22)13-7-8-18-23-20-11-5-2-6-12-20;;/h2,5-6,11-12,19H,1,3-4,7-10,13-18H2;2*1H. The summed E-state index contributed by atoms with van der Waals surface area (Å²) in [4.78, 5) is 5.40. The number of halogens is 2. The normalized spacial score (nSPS) is 19.7. The molecule has 1 heterocycles. The Morgan fingerprint density at radius 2 is 1.52 bits per heavy atom. The maximum absolute atomic E-state index is 5.77. The van der Waals surface area contributed by atoms with Crippen molar-refractivity contribution in [2.24, 2.45) is 0 Å². The molecule has 0 radical (unpaired) electrons. The minimum absolute atomic E-state index is 0. The molecule has 1 aromatic carbocycles. The van der Waals surface area contributed by atoms with E-state index in [9.17, 15) is 0 Å². The van der Waals surface area contributed by atoms with Crippen LogP contribution in [0.15, 0.2) is 30.3 Å². The quantitative estimate of drug-likeness (QED) is 0.632. The second-order valence-corrected chi connectivity index (χ2v) is 7.04. The number of para-hydroxylation sites is 1. The molecule has 2 fully saturated rings. The van der Waals surface area contributed by atoms with E-state index in [-0.39, 0.29) is 24.8 Å². The molecular weight excluding hydrogens is 355 g/mol. The SMILES string of the molecule is Cl.Cl.c1ccc(OCCCCN2CCN(C3CCCCC3)CC2)cc1. The molecule has 0 N–H and O–H groups in total. The first-order valence-electron chi connectivity index (χ1n) is 9.56. The number of rotatable bonds is 7. The second-order valence-electron chi connectivity index (χ2n) is 7.04. The molecule has 0 atom stereocenters. The van der Waals surface area contributed by atoms with Crippen LogP contribution in [0, 0.1) is 0 Å². The summed E-state index contributed by atoms with van der Waals surface area (Å²) < 4.78 is 5.77. The van der Waals surface area contributed by atoms with Crippen molar-refractivity contribution >= 4 is 24.8 Å². The van der Waals surface area contributed by atoms with E-state index >= 15 is 0 Å². The number of hydrogen-bond donors (Lipinski definition) is 0. The van der Waals surface area contributed by atoms with E-state index in [1.807, 2.05) is 30.3 Å². The Labute approximate surface area is 165 Å². The molecule has 0 spiro atoms. The second kappa shape index (κ2) is 12.8. The van der Waals surface area contributed by atoms with Crippen LogP contribution in [0.1, 0.15) is 44.9 Å². The lowest BCUT2D eigenvalue weighted by atomic mass is 9.94. The zero-order valence-electron chi connectivity index (χ0n) is 15.3. The lowest BCUT2D eigenvalue weighted by Crippen LogP contribution is -2.50. The van der Waals surface area contributed by atoms with Crippen LogP contribution in [-0.2, 0) is 0 Å².